The van der Waals surface area contributed by atoms with Crippen LogP contribution in [-0.4, -0.2) is 23.2 Å². The zero-order chi connectivity index (χ0) is 14.8. The molecule has 0 N–H and O–H groups in total. The Hall–Kier alpha value is -2.49. The van der Waals surface area contributed by atoms with Crippen LogP contribution in [0.15, 0.2) is 42.5 Å². The monoisotopic (exact) mass is 280 g/mol. The van der Waals surface area contributed by atoms with E-state index in [0.29, 0.717) is 36.3 Å². The van der Waals surface area contributed by atoms with Gasteiger partial charge in [-0.05, 0) is 37.6 Å². The number of aryl methyl sites for hydroxylation is 1. The van der Waals surface area contributed by atoms with Crippen LogP contribution in [-0.2, 0) is 0 Å². The van der Waals surface area contributed by atoms with Gasteiger partial charge in [0.05, 0.1) is 5.69 Å². The molecular weight excluding hydrogens is 264 g/mol. The highest BCUT2D eigenvalue weighted by atomic mass is 16.2. The summed E-state index contributed by atoms with van der Waals surface area (Å²) in [5.74, 6) is -0.0565. The van der Waals surface area contributed by atoms with Gasteiger partial charge in [0, 0.05) is 24.2 Å². The average Bonchev–Trinajstić information content (AvgIpc) is 2.66. The van der Waals surface area contributed by atoms with Crippen LogP contribution in [0, 0.1) is 6.92 Å². The van der Waals surface area contributed by atoms with Crippen molar-refractivity contribution in [2.45, 2.75) is 19.8 Å². The number of carbonyl (C=O) groups excluding carboxylic acids is 2. The molecule has 4 heteroatoms. The number of para-hydroxylation sites is 1. The van der Waals surface area contributed by atoms with E-state index in [4.69, 9.17) is 0 Å². The first-order chi connectivity index (χ1) is 10.2. The number of aromatic nitrogens is 1. The Morgan fingerprint density at radius 3 is 2.76 bits per heavy atom. The lowest BCUT2D eigenvalue weighted by Crippen LogP contribution is -2.32. The number of ketones is 1. The molecule has 106 valence electrons. The van der Waals surface area contributed by atoms with Gasteiger partial charge in [0.15, 0.2) is 5.78 Å². The Balaban J connectivity index is 2.04. The molecule has 3 rings (SSSR count). The Morgan fingerprint density at radius 1 is 1.14 bits per heavy atom. The van der Waals surface area contributed by atoms with E-state index in [9.17, 15) is 9.59 Å². The van der Waals surface area contributed by atoms with E-state index in [2.05, 4.69) is 4.98 Å². The Morgan fingerprint density at radius 2 is 1.95 bits per heavy atom. The lowest BCUT2D eigenvalue weighted by Gasteiger charge is -2.22. The van der Waals surface area contributed by atoms with E-state index in [0.717, 1.165) is 5.69 Å². The lowest BCUT2D eigenvalue weighted by molar-refractivity contribution is 0.0971. The highest BCUT2D eigenvalue weighted by Gasteiger charge is 2.26. The van der Waals surface area contributed by atoms with Gasteiger partial charge in [-0.3, -0.25) is 9.59 Å². The minimum atomic E-state index is -0.152. The Labute approximate surface area is 123 Å². The normalized spacial score (nSPS) is 14.5. The van der Waals surface area contributed by atoms with Crippen molar-refractivity contribution in [3.63, 3.8) is 0 Å². The maximum atomic E-state index is 12.7. The van der Waals surface area contributed by atoms with Crippen molar-refractivity contribution >= 4 is 17.4 Å². The van der Waals surface area contributed by atoms with E-state index in [1.165, 1.54) is 0 Å². The molecule has 0 atom stereocenters. The van der Waals surface area contributed by atoms with Gasteiger partial charge in [-0.2, -0.15) is 0 Å². The molecule has 0 saturated carbocycles. The van der Waals surface area contributed by atoms with Crippen LogP contribution < -0.4 is 4.90 Å². The minimum absolute atomic E-state index is 0.0955. The molecule has 2 aromatic rings. The van der Waals surface area contributed by atoms with Crippen LogP contribution >= 0.6 is 0 Å². The molecule has 0 spiro atoms. The first kappa shape index (κ1) is 13.5. The molecule has 0 bridgehead atoms. The third-order valence-electron chi connectivity index (χ3n) is 3.63. The van der Waals surface area contributed by atoms with Crippen molar-refractivity contribution in [2.75, 3.05) is 11.4 Å². The van der Waals surface area contributed by atoms with Gasteiger partial charge < -0.3 is 4.90 Å². The highest BCUT2D eigenvalue weighted by Crippen LogP contribution is 2.27. The number of nitrogens with zero attached hydrogens (tertiary/aromatic N) is 2. The molecule has 1 aromatic heterocycles. The van der Waals surface area contributed by atoms with Crippen molar-refractivity contribution in [3.05, 3.63) is 59.4 Å². The number of carbonyl (C=O) groups is 2. The molecule has 0 aliphatic carbocycles. The van der Waals surface area contributed by atoms with Crippen LogP contribution in [0.2, 0.25) is 0 Å². The third-order valence-corrected chi connectivity index (χ3v) is 3.63. The number of amides is 1. The number of pyridine rings is 1. The van der Waals surface area contributed by atoms with Crippen LogP contribution in [0.4, 0.5) is 5.69 Å². The van der Waals surface area contributed by atoms with Gasteiger partial charge in [-0.1, -0.05) is 18.2 Å². The summed E-state index contributed by atoms with van der Waals surface area (Å²) in [4.78, 5) is 30.8. The predicted octanol–water partition coefficient (Wildman–Crippen LogP) is 3.01. The summed E-state index contributed by atoms with van der Waals surface area (Å²) < 4.78 is 0. The molecule has 0 unspecified atom stereocenters. The topological polar surface area (TPSA) is 50.3 Å². The van der Waals surface area contributed by atoms with Gasteiger partial charge in [0.25, 0.3) is 5.91 Å². The molecule has 21 heavy (non-hydrogen) atoms. The SMILES string of the molecule is Cc1cccc(C(=O)N2CCCC(=O)c3ccccc32)n1. The van der Waals surface area contributed by atoms with Crippen molar-refractivity contribution in [1.29, 1.82) is 0 Å². The largest absolute Gasteiger partial charge is 0.306 e. The second-order valence-electron chi connectivity index (χ2n) is 5.16. The summed E-state index contributed by atoms with van der Waals surface area (Å²) in [5.41, 5.74) is 2.53. The molecule has 1 aliphatic rings. The van der Waals surface area contributed by atoms with E-state index in [1.807, 2.05) is 37.3 Å². The fraction of sp³-hybridized carbons (Fsp3) is 0.235. The Bertz CT molecular complexity index is 709. The van der Waals surface area contributed by atoms with Crippen LogP contribution in [0.3, 0.4) is 0 Å². The van der Waals surface area contributed by atoms with Gasteiger partial charge in [-0.15, -0.1) is 0 Å². The number of anilines is 1. The summed E-state index contributed by atoms with van der Waals surface area (Å²) in [6.45, 7) is 2.40. The van der Waals surface area contributed by atoms with Crippen LogP contribution in [0.5, 0.6) is 0 Å². The van der Waals surface area contributed by atoms with Crippen molar-refractivity contribution in [2.24, 2.45) is 0 Å². The molecule has 1 amide bonds. The van der Waals surface area contributed by atoms with E-state index in [1.54, 1.807) is 17.0 Å². The van der Waals surface area contributed by atoms with Gasteiger partial charge in [-0.25, -0.2) is 4.98 Å². The minimum Gasteiger partial charge on any atom is -0.306 e. The fourth-order valence-electron chi connectivity index (χ4n) is 2.61. The molecule has 1 aliphatic heterocycles. The van der Waals surface area contributed by atoms with Crippen LogP contribution in [0.1, 0.15) is 39.4 Å². The third kappa shape index (κ3) is 2.57. The average molecular weight is 280 g/mol. The zero-order valence-corrected chi connectivity index (χ0v) is 11.9. The molecule has 1 aromatic carbocycles. The quantitative estimate of drug-likeness (QED) is 0.806. The highest BCUT2D eigenvalue weighted by molar-refractivity contribution is 6.10. The number of benzene rings is 1. The summed E-state index contributed by atoms with van der Waals surface area (Å²) in [7, 11) is 0. The van der Waals surface area contributed by atoms with Crippen molar-refractivity contribution < 1.29 is 9.59 Å². The Kier molecular flexibility index (Phi) is 3.52. The van der Waals surface area contributed by atoms with Gasteiger partial charge in [0.2, 0.25) is 0 Å². The predicted molar refractivity (Wildman–Crippen MR) is 80.7 cm³/mol. The first-order valence-corrected chi connectivity index (χ1v) is 7.04. The number of hydrogen-bond acceptors (Lipinski definition) is 3. The van der Waals surface area contributed by atoms with E-state index < -0.39 is 0 Å². The van der Waals surface area contributed by atoms with E-state index >= 15 is 0 Å². The van der Waals surface area contributed by atoms with Gasteiger partial charge >= 0.3 is 0 Å². The molecule has 4 nitrogen and oxygen atoms in total. The number of hydrogen-bond donors (Lipinski definition) is 0. The second kappa shape index (κ2) is 5.48. The first-order valence-electron chi connectivity index (χ1n) is 7.04. The maximum Gasteiger partial charge on any atom is 0.276 e. The molecule has 2 heterocycles. The van der Waals surface area contributed by atoms with Gasteiger partial charge in [0.1, 0.15) is 5.69 Å². The van der Waals surface area contributed by atoms with Crippen LogP contribution in [0.25, 0.3) is 0 Å². The second-order valence-corrected chi connectivity index (χ2v) is 5.16. The summed E-state index contributed by atoms with van der Waals surface area (Å²) in [5, 5.41) is 0. The standard InChI is InChI=1S/C17H16N2O2/c1-12-6-4-8-14(18-12)17(21)19-11-5-10-16(20)13-7-2-3-9-15(13)19/h2-4,6-9H,5,10-11H2,1H3. The molecule has 0 radical (unpaired) electrons. The maximum absolute atomic E-state index is 12.7. The van der Waals surface area contributed by atoms with Crippen molar-refractivity contribution in [3.8, 4) is 0 Å². The molecule has 0 saturated heterocycles. The number of fused-ring (bicyclic) bond motifs is 1. The molecular formula is C17H16N2O2. The van der Waals surface area contributed by atoms with Crippen molar-refractivity contribution in [1.82, 2.24) is 4.98 Å². The summed E-state index contributed by atoms with van der Waals surface area (Å²) in [6, 6.07) is 12.7. The van der Waals surface area contributed by atoms with E-state index in [-0.39, 0.29) is 11.7 Å². The fourth-order valence-corrected chi connectivity index (χ4v) is 2.61. The summed E-state index contributed by atoms with van der Waals surface area (Å²) in [6.07, 6.45) is 1.15. The lowest BCUT2D eigenvalue weighted by atomic mass is 10.1. The number of rotatable bonds is 1. The zero-order valence-electron chi connectivity index (χ0n) is 11.9. The molecule has 0 fully saturated rings. The number of Topliss-reactive ketones (excluding diaryl/α,β-unsaturated/α-hetero) is 1. The summed E-state index contributed by atoms with van der Waals surface area (Å²) >= 11 is 0. The smallest absolute Gasteiger partial charge is 0.276 e.